The van der Waals surface area contributed by atoms with Gasteiger partial charge in [0, 0.05) is 12.7 Å². The summed E-state index contributed by atoms with van der Waals surface area (Å²) in [5, 5.41) is 7.84. The van der Waals surface area contributed by atoms with Gasteiger partial charge >= 0.3 is 0 Å². The molecule has 0 aromatic carbocycles. The molecule has 1 unspecified atom stereocenters. The van der Waals surface area contributed by atoms with E-state index in [1.807, 2.05) is 0 Å². The molecule has 72 valence electrons. The van der Waals surface area contributed by atoms with Gasteiger partial charge in [0.1, 0.15) is 0 Å². The lowest BCUT2D eigenvalue weighted by Crippen LogP contribution is -2.14. The van der Waals surface area contributed by atoms with Crippen LogP contribution in [0.25, 0.3) is 0 Å². The van der Waals surface area contributed by atoms with Crippen LogP contribution in [-0.2, 0) is 6.54 Å². The van der Waals surface area contributed by atoms with E-state index >= 15 is 0 Å². The summed E-state index contributed by atoms with van der Waals surface area (Å²) in [6.45, 7) is 7.58. The Balaban J connectivity index is 2.00. The van der Waals surface area contributed by atoms with Gasteiger partial charge in [0.2, 0.25) is 0 Å². The smallest absolute Gasteiger partial charge is 0.0622 e. The SMILES string of the molecule is Cc1cn(CC2CCNC2)nc1C. The molecular weight excluding hydrogens is 162 g/mol. The van der Waals surface area contributed by atoms with Crippen molar-refractivity contribution in [3.05, 3.63) is 17.5 Å². The third-order valence-corrected chi connectivity index (χ3v) is 2.80. The summed E-state index contributed by atoms with van der Waals surface area (Å²) in [5.74, 6) is 0.777. The van der Waals surface area contributed by atoms with Crippen molar-refractivity contribution in [2.45, 2.75) is 26.8 Å². The van der Waals surface area contributed by atoms with Crippen molar-refractivity contribution in [1.29, 1.82) is 0 Å². The molecule has 0 bridgehead atoms. The molecule has 1 N–H and O–H groups in total. The molecule has 3 heteroatoms. The molecule has 0 amide bonds. The standard InChI is InChI=1S/C10H17N3/c1-8-6-13(12-9(8)2)7-10-3-4-11-5-10/h6,10-11H,3-5,7H2,1-2H3. The lowest BCUT2D eigenvalue weighted by molar-refractivity contribution is 0.448. The van der Waals surface area contributed by atoms with Crippen LogP contribution in [0.15, 0.2) is 6.20 Å². The fraction of sp³-hybridized carbons (Fsp3) is 0.700. The fourth-order valence-electron chi connectivity index (χ4n) is 1.85. The number of aryl methyl sites for hydroxylation is 2. The summed E-state index contributed by atoms with van der Waals surface area (Å²) >= 11 is 0. The van der Waals surface area contributed by atoms with E-state index in [2.05, 4.69) is 35.1 Å². The Kier molecular flexibility index (Phi) is 2.36. The molecule has 0 radical (unpaired) electrons. The van der Waals surface area contributed by atoms with Crippen molar-refractivity contribution in [3.8, 4) is 0 Å². The van der Waals surface area contributed by atoms with Gasteiger partial charge in [-0.15, -0.1) is 0 Å². The van der Waals surface area contributed by atoms with E-state index < -0.39 is 0 Å². The number of nitrogens with zero attached hydrogens (tertiary/aromatic N) is 2. The number of rotatable bonds is 2. The third kappa shape index (κ3) is 1.91. The van der Waals surface area contributed by atoms with Crippen LogP contribution in [-0.4, -0.2) is 22.9 Å². The molecule has 0 saturated carbocycles. The van der Waals surface area contributed by atoms with E-state index in [0.29, 0.717) is 0 Å². The average Bonchev–Trinajstić information content (AvgIpc) is 2.64. The zero-order chi connectivity index (χ0) is 9.26. The molecular formula is C10H17N3. The Bertz CT molecular complexity index is 265. The van der Waals surface area contributed by atoms with Crippen LogP contribution in [0.3, 0.4) is 0 Å². The number of hydrogen-bond acceptors (Lipinski definition) is 2. The van der Waals surface area contributed by atoms with Crippen LogP contribution in [0.4, 0.5) is 0 Å². The Morgan fingerprint density at radius 1 is 1.62 bits per heavy atom. The van der Waals surface area contributed by atoms with E-state index in [1.165, 1.54) is 18.5 Å². The normalized spacial score (nSPS) is 22.5. The molecule has 3 nitrogen and oxygen atoms in total. The van der Waals surface area contributed by atoms with Crippen molar-refractivity contribution < 1.29 is 0 Å². The van der Waals surface area contributed by atoms with Crippen LogP contribution in [0.5, 0.6) is 0 Å². The summed E-state index contributed by atoms with van der Waals surface area (Å²) in [4.78, 5) is 0. The Morgan fingerprint density at radius 3 is 3.00 bits per heavy atom. The van der Waals surface area contributed by atoms with Crippen molar-refractivity contribution in [2.75, 3.05) is 13.1 Å². The molecule has 1 aromatic rings. The molecule has 1 aliphatic rings. The first-order valence-electron chi connectivity index (χ1n) is 4.97. The summed E-state index contributed by atoms with van der Waals surface area (Å²) in [5.41, 5.74) is 2.46. The maximum absolute atomic E-state index is 4.46. The van der Waals surface area contributed by atoms with Crippen LogP contribution in [0.1, 0.15) is 17.7 Å². The first kappa shape index (κ1) is 8.75. The van der Waals surface area contributed by atoms with Crippen molar-refractivity contribution in [2.24, 2.45) is 5.92 Å². The van der Waals surface area contributed by atoms with Gasteiger partial charge in [-0.2, -0.15) is 5.10 Å². The molecule has 0 aliphatic carbocycles. The molecule has 1 aliphatic heterocycles. The summed E-state index contributed by atoms with van der Waals surface area (Å²) in [6.07, 6.45) is 3.44. The maximum Gasteiger partial charge on any atom is 0.0622 e. The maximum atomic E-state index is 4.46. The lowest BCUT2D eigenvalue weighted by Gasteiger charge is -2.07. The number of aromatic nitrogens is 2. The van der Waals surface area contributed by atoms with E-state index in [1.54, 1.807) is 0 Å². The predicted octanol–water partition coefficient (Wildman–Crippen LogP) is 1.11. The molecule has 1 saturated heterocycles. The number of nitrogens with one attached hydrogen (secondary N) is 1. The van der Waals surface area contributed by atoms with Gasteiger partial charge < -0.3 is 5.32 Å². The van der Waals surface area contributed by atoms with Gasteiger partial charge in [0.25, 0.3) is 0 Å². The van der Waals surface area contributed by atoms with E-state index in [4.69, 9.17) is 0 Å². The average molecular weight is 179 g/mol. The Hall–Kier alpha value is -0.830. The molecule has 2 heterocycles. The van der Waals surface area contributed by atoms with E-state index in [9.17, 15) is 0 Å². The minimum Gasteiger partial charge on any atom is -0.316 e. The Morgan fingerprint density at radius 2 is 2.46 bits per heavy atom. The first-order chi connectivity index (χ1) is 6.25. The second kappa shape index (κ2) is 3.50. The quantitative estimate of drug-likeness (QED) is 0.737. The molecule has 13 heavy (non-hydrogen) atoms. The Labute approximate surface area is 79.1 Å². The first-order valence-corrected chi connectivity index (χ1v) is 4.97. The molecule has 2 rings (SSSR count). The topological polar surface area (TPSA) is 29.9 Å². The highest BCUT2D eigenvalue weighted by Crippen LogP contribution is 2.11. The van der Waals surface area contributed by atoms with Crippen molar-refractivity contribution >= 4 is 0 Å². The van der Waals surface area contributed by atoms with Gasteiger partial charge in [-0.25, -0.2) is 0 Å². The van der Waals surface area contributed by atoms with Crippen molar-refractivity contribution in [1.82, 2.24) is 15.1 Å². The largest absolute Gasteiger partial charge is 0.316 e. The minimum atomic E-state index is 0.777. The lowest BCUT2D eigenvalue weighted by atomic mass is 10.1. The molecule has 1 aromatic heterocycles. The second-order valence-electron chi connectivity index (χ2n) is 3.98. The van der Waals surface area contributed by atoms with Gasteiger partial charge in [-0.3, -0.25) is 4.68 Å². The van der Waals surface area contributed by atoms with Crippen LogP contribution < -0.4 is 5.32 Å². The molecule has 1 atom stereocenters. The van der Waals surface area contributed by atoms with Crippen LogP contribution in [0.2, 0.25) is 0 Å². The fourth-order valence-corrected chi connectivity index (χ4v) is 1.85. The molecule has 0 spiro atoms. The predicted molar refractivity (Wildman–Crippen MR) is 52.7 cm³/mol. The highest BCUT2D eigenvalue weighted by Gasteiger charge is 2.15. The van der Waals surface area contributed by atoms with Gasteiger partial charge in [0.15, 0.2) is 0 Å². The summed E-state index contributed by atoms with van der Waals surface area (Å²) in [6, 6.07) is 0. The van der Waals surface area contributed by atoms with Gasteiger partial charge in [-0.1, -0.05) is 0 Å². The van der Waals surface area contributed by atoms with Crippen LogP contribution in [0, 0.1) is 19.8 Å². The highest BCUT2D eigenvalue weighted by atomic mass is 15.3. The van der Waals surface area contributed by atoms with Crippen molar-refractivity contribution in [3.63, 3.8) is 0 Å². The third-order valence-electron chi connectivity index (χ3n) is 2.80. The highest BCUT2D eigenvalue weighted by molar-refractivity contribution is 5.12. The zero-order valence-electron chi connectivity index (χ0n) is 8.38. The zero-order valence-corrected chi connectivity index (χ0v) is 8.38. The monoisotopic (exact) mass is 179 g/mol. The molecule has 1 fully saturated rings. The van der Waals surface area contributed by atoms with Gasteiger partial charge in [0.05, 0.1) is 5.69 Å². The van der Waals surface area contributed by atoms with Gasteiger partial charge in [-0.05, 0) is 44.8 Å². The number of hydrogen-bond donors (Lipinski definition) is 1. The van der Waals surface area contributed by atoms with E-state index in [-0.39, 0.29) is 0 Å². The summed E-state index contributed by atoms with van der Waals surface area (Å²) < 4.78 is 2.09. The summed E-state index contributed by atoms with van der Waals surface area (Å²) in [7, 11) is 0. The minimum absolute atomic E-state index is 0.777. The van der Waals surface area contributed by atoms with Crippen LogP contribution >= 0.6 is 0 Å². The second-order valence-corrected chi connectivity index (χ2v) is 3.98. The van der Waals surface area contributed by atoms with E-state index in [0.717, 1.165) is 24.7 Å².